The van der Waals surface area contributed by atoms with E-state index in [-0.39, 0.29) is 30.8 Å². The number of aliphatic hydroxyl groups is 1. The summed E-state index contributed by atoms with van der Waals surface area (Å²) in [7, 11) is 1.77. The van der Waals surface area contributed by atoms with Crippen molar-refractivity contribution in [1.29, 1.82) is 0 Å². The van der Waals surface area contributed by atoms with Gasteiger partial charge < -0.3 is 20.9 Å². The Labute approximate surface area is 136 Å². The molecule has 3 atom stereocenters. The van der Waals surface area contributed by atoms with Crippen molar-refractivity contribution in [2.45, 2.75) is 46.4 Å². The van der Waals surface area contributed by atoms with Crippen LogP contribution in [0.4, 0.5) is 11.8 Å². The fourth-order valence-electron chi connectivity index (χ4n) is 2.93. The van der Waals surface area contributed by atoms with Crippen molar-refractivity contribution in [3.8, 4) is 0 Å². The summed E-state index contributed by atoms with van der Waals surface area (Å²) in [4.78, 5) is 13.0. The topological polar surface area (TPSA) is 111 Å². The van der Waals surface area contributed by atoms with Crippen LogP contribution < -0.4 is 11.1 Å². The fourth-order valence-corrected chi connectivity index (χ4v) is 2.93. The first kappa shape index (κ1) is 17.4. The third-order valence-electron chi connectivity index (χ3n) is 3.88. The summed E-state index contributed by atoms with van der Waals surface area (Å²) in [5.74, 6) is 1.84. The molecular formula is C15H26N6O2. The molecule has 1 aliphatic rings. The molecule has 128 valence electrons. The minimum atomic E-state index is -0.203. The molecular weight excluding hydrogens is 296 g/mol. The van der Waals surface area contributed by atoms with E-state index in [0.717, 1.165) is 12.2 Å². The molecule has 0 aliphatic carbocycles. The number of hydrogen-bond acceptors (Lipinski definition) is 7. The van der Waals surface area contributed by atoms with E-state index in [2.05, 4.69) is 27.2 Å². The van der Waals surface area contributed by atoms with Crippen molar-refractivity contribution in [3.05, 3.63) is 5.82 Å². The minimum Gasteiger partial charge on any atom is -0.394 e. The zero-order chi connectivity index (χ0) is 17.1. The normalized spacial score (nSPS) is 23.7. The van der Waals surface area contributed by atoms with Crippen LogP contribution >= 0.6 is 0 Å². The van der Waals surface area contributed by atoms with Crippen molar-refractivity contribution in [1.82, 2.24) is 19.5 Å². The zero-order valence-corrected chi connectivity index (χ0v) is 14.4. The van der Waals surface area contributed by atoms with Crippen LogP contribution in [-0.4, -0.2) is 44.4 Å². The van der Waals surface area contributed by atoms with Gasteiger partial charge in [-0.3, -0.25) is 4.57 Å². The smallest absolute Gasteiger partial charge is 0.224 e. The summed E-state index contributed by atoms with van der Waals surface area (Å²) >= 11 is 0. The van der Waals surface area contributed by atoms with Gasteiger partial charge in [0.15, 0.2) is 17.0 Å². The molecule has 8 heteroatoms. The molecule has 2 unspecified atom stereocenters. The van der Waals surface area contributed by atoms with Gasteiger partial charge >= 0.3 is 0 Å². The van der Waals surface area contributed by atoms with Gasteiger partial charge in [-0.2, -0.15) is 9.97 Å². The summed E-state index contributed by atoms with van der Waals surface area (Å²) in [6.45, 7) is 8.01. The van der Waals surface area contributed by atoms with Gasteiger partial charge in [0.25, 0.3) is 0 Å². The summed E-state index contributed by atoms with van der Waals surface area (Å²) in [5.41, 5.74) is 7.11. The van der Waals surface area contributed by atoms with E-state index in [4.69, 9.17) is 10.5 Å². The number of fused-ring (bicyclic) bond motifs is 1. The van der Waals surface area contributed by atoms with Crippen LogP contribution in [0.5, 0.6) is 0 Å². The Balaban J connectivity index is 0.000000924. The van der Waals surface area contributed by atoms with Gasteiger partial charge in [0.2, 0.25) is 5.95 Å². The molecule has 0 amide bonds. The van der Waals surface area contributed by atoms with E-state index in [1.807, 2.05) is 25.3 Å². The second kappa shape index (κ2) is 7.10. The standard InChI is InChI=1S/C13H20N6O2.C2H6/c1-6-4-8(5-20)21-12(6)19-7(2)16-9-10(15-3)17-13(14)18-11(9)19;1-2/h6,8,12,20H,4-5H2,1-3H3,(H3,14,15,17,18);1-2H3/t6-,8?,12?;/m0./s1. The largest absolute Gasteiger partial charge is 0.394 e. The van der Waals surface area contributed by atoms with Crippen LogP contribution in [0.15, 0.2) is 0 Å². The highest BCUT2D eigenvalue weighted by atomic mass is 16.5. The molecule has 1 aliphatic heterocycles. The van der Waals surface area contributed by atoms with Gasteiger partial charge in [0, 0.05) is 13.0 Å². The molecule has 3 heterocycles. The van der Waals surface area contributed by atoms with Crippen LogP contribution in [0.1, 0.15) is 39.2 Å². The van der Waals surface area contributed by atoms with Crippen LogP contribution in [-0.2, 0) is 4.74 Å². The van der Waals surface area contributed by atoms with Crippen molar-refractivity contribution in [3.63, 3.8) is 0 Å². The molecule has 0 saturated carbocycles. The predicted molar refractivity (Wildman–Crippen MR) is 90.1 cm³/mol. The number of rotatable bonds is 3. The zero-order valence-electron chi connectivity index (χ0n) is 14.4. The van der Waals surface area contributed by atoms with Crippen molar-refractivity contribution < 1.29 is 9.84 Å². The average Bonchev–Trinajstić information content (AvgIpc) is 3.07. The summed E-state index contributed by atoms with van der Waals surface area (Å²) < 4.78 is 7.86. The maximum Gasteiger partial charge on any atom is 0.224 e. The number of imidazole rings is 1. The van der Waals surface area contributed by atoms with Gasteiger partial charge in [0.05, 0.1) is 12.7 Å². The molecule has 4 N–H and O–H groups in total. The highest BCUT2D eigenvalue weighted by Crippen LogP contribution is 2.37. The van der Waals surface area contributed by atoms with Crippen LogP contribution in [0, 0.1) is 12.8 Å². The Bertz CT molecular complexity index is 672. The Kier molecular flexibility index (Phi) is 5.38. The molecule has 8 nitrogen and oxygen atoms in total. The van der Waals surface area contributed by atoms with E-state index in [1.54, 1.807) is 7.05 Å². The minimum absolute atomic E-state index is 0.0193. The van der Waals surface area contributed by atoms with Crippen LogP contribution in [0.3, 0.4) is 0 Å². The maximum atomic E-state index is 9.30. The number of anilines is 2. The molecule has 2 aromatic heterocycles. The van der Waals surface area contributed by atoms with E-state index < -0.39 is 0 Å². The highest BCUT2D eigenvalue weighted by molar-refractivity contribution is 5.84. The van der Waals surface area contributed by atoms with Gasteiger partial charge in [-0.1, -0.05) is 20.8 Å². The monoisotopic (exact) mass is 322 g/mol. The van der Waals surface area contributed by atoms with Crippen LogP contribution in [0.2, 0.25) is 0 Å². The Morgan fingerprint density at radius 1 is 1.35 bits per heavy atom. The molecule has 0 spiro atoms. The number of nitrogens with zero attached hydrogens (tertiary/aromatic N) is 4. The number of nitrogens with one attached hydrogen (secondary N) is 1. The Hall–Kier alpha value is -1.93. The molecule has 0 bridgehead atoms. The lowest BCUT2D eigenvalue weighted by atomic mass is 10.1. The van der Waals surface area contributed by atoms with Crippen molar-refractivity contribution >= 4 is 22.9 Å². The van der Waals surface area contributed by atoms with Gasteiger partial charge in [-0.05, 0) is 13.3 Å². The predicted octanol–water partition coefficient (Wildman–Crippen LogP) is 1.70. The summed E-state index contributed by atoms with van der Waals surface area (Å²) in [6.07, 6.45) is 0.454. The number of aromatic nitrogens is 4. The fraction of sp³-hybridized carbons (Fsp3) is 0.667. The van der Waals surface area contributed by atoms with Crippen molar-refractivity contribution in [2.75, 3.05) is 24.7 Å². The highest BCUT2D eigenvalue weighted by Gasteiger charge is 2.35. The summed E-state index contributed by atoms with van der Waals surface area (Å²) in [6, 6.07) is 0. The number of aryl methyl sites for hydroxylation is 1. The maximum absolute atomic E-state index is 9.30. The first-order valence-corrected chi connectivity index (χ1v) is 8.01. The number of ether oxygens (including phenoxy) is 1. The quantitative estimate of drug-likeness (QED) is 0.788. The third kappa shape index (κ3) is 3.09. The average molecular weight is 322 g/mol. The number of aliphatic hydroxyl groups excluding tert-OH is 1. The first-order chi connectivity index (χ1) is 11.0. The molecule has 1 fully saturated rings. The summed E-state index contributed by atoms with van der Waals surface area (Å²) in [5, 5.41) is 12.3. The molecule has 0 radical (unpaired) electrons. The molecule has 3 rings (SSSR count). The van der Waals surface area contributed by atoms with Gasteiger partial charge in [-0.15, -0.1) is 0 Å². The van der Waals surface area contributed by atoms with E-state index in [0.29, 0.717) is 17.0 Å². The lowest BCUT2D eigenvalue weighted by molar-refractivity contribution is -0.0303. The van der Waals surface area contributed by atoms with E-state index in [1.165, 1.54) is 0 Å². The first-order valence-electron chi connectivity index (χ1n) is 8.01. The molecule has 1 saturated heterocycles. The second-order valence-electron chi connectivity index (χ2n) is 5.43. The molecule has 23 heavy (non-hydrogen) atoms. The lowest BCUT2D eigenvalue weighted by Crippen LogP contribution is -2.17. The van der Waals surface area contributed by atoms with E-state index in [9.17, 15) is 5.11 Å². The Morgan fingerprint density at radius 3 is 2.61 bits per heavy atom. The number of hydrogen-bond donors (Lipinski definition) is 3. The molecule has 0 aromatic carbocycles. The Morgan fingerprint density at radius 2 is 2.04 bits per heavy atom. The number of nitrogens with two attached hydrogens (primary N) is 1. The van der Waals surface area contributed by atoms with Gasteiger partial charge in [0.1, 0.15) is 12.1 Å². The van der Waals surface area contributed by atoms with Crippen LogP contribution in [0.25, 0.3) is 11.2 Å². The van der Waals surface area contributed by atoms with Crippen molar-refractivity contribution in [2.24, 2.45) is 5.92 Å². The molecule has 2 aromatic rings. The second-order valence-corrected chi connectivity index (χ2v) is 5.43. The third-order valence-corrected chi connectivity index (χ3v) is 3.88. The van der Waals surface area contributed by atoms with Gasteiger partial charge in [-0.25, -0.2) is 4.98 Å². The number of nitrogen functional groups attached to an aromatic ring is 1. The van der Waals surface area contributed by atoms with E-state index >= 15 is 0 Å². The lowest BCUT2D eigenvalue weighted by Gasteiger charge is -2.19. The SMILES string of the molecule is CC.CNc1nc(N)nc2c1nc(C)n2C1OC(CO)C[C@@H]1C.